The molecule has 0 radical (unpaired) electrons. The highest BCUT2D eigenvalue weighted by Crippen LogP contribution is 2.29. The van der Waals surface area contributed by atoms with Crippen molar-refractivity contribution in [2.24, 2.45) is 11.8 Å². The summed E-state index contributed by atoms with van der Waals surface area (Å²) < 4.78 is 10.7. The van der Waals surface area contributed by atoms with E-state index in [2.05, 4.69) is 0 Å². The Morgan fingerprint density at radius 3 is 2.80 bits per heavy atom. The molecule has 0 amide bonds. The molecule has 15 heavy (non-hydrogen) atoms. The van der Waals surface area contributed by atoms with Crippen LogP contribution in [-0.2, 0) is 9.47 Å². The van der Waals surface area contributed by atoms with Crippen molar-refractivity contribution >= 4 is 0 Å². The molecule has 2 fully saturated rings. The summed E-state index contributed by atoms with van der Waals surface area (Å²) in [7, 11) is 0. The molecular formula is C12H22O3. The van der Waals surface area contributed by atoms with E-state index in [0.717, 1.165) is 25.6 Å². The highest BCUT2D eigenvalue weighted by molar-refractivity contribution is 4.73. The molecule has 3 heteroatoms. The molecule has 1 N–H and O–H groups in total. The van der Waals surface area contributed by atoms with E-state index in [-0.39, 0.29) is 6.10 Å². The minimum absolute atomic E-state index is 0.300. The van der Waals surface area contributed by atoms with Crippen molar-refractivity contribution in [3.63, 3.8) is 0 Å². The van der Waals surface area contributed by atoms with Crippen LogP contribution in [0.4, 0.5) is 0 Å². The molecular weight excluding hydrogens is 192 g/mol. The molecule has 88 valence electrons. The molecule has 0 bridgehead atoms. The van der Waals surface area contributed by atoms with Gasteiger partial charge in [0.15, 0.2) is 0 Å². The number of aliphatic hydroxyl groups is 1. The van der Waals surface area contributed by atoms with Gasteiger partial charge in [0.1, 0.15) is 0 Å². The van der Waals surface area contributed by atoms with E-state index in [1.807, 2.05) is 0 Å². The molecule has 2 unspecified atom stereocenters. The average Bonchev–Trinajstić information content (AvgIpc) is 2.67. The third kappa shape index (κ3) is 3.44. The zero-order valence-electron chi connectivity index (χ0n) is 9.36. The van der Waals surface area contributed by atoms with Gasteiger partial charge in [-0.2, -0.15) is 0 Å². The smallest absolute Gasteiger partial charge is 0.0824 e. The highest BCUT2D eigenvalue weighted by Gasteiger charge is 2.24. The van der Waals surface area contributed by atoms with Crippen molar-refractivity contribution in [1.82, 2.24) is 0 Å². The van der Waals surface area contributed by atoms with Gasteiger partial charge in [0.2, 0.25) is 0 Å². The Kier molecular flexibility index (Phi) is 4.42. The van der Waals surface area contributed by atoms with Crippen LogP contribution in [0.5, 0.6) is 0 Å². The monoisotopic (exact) mass is 214 g/mol. The molecule has 1 aliphatic carbocycles. The Hall–Kier alpha value is -0.120. The van der Waals surface area contributed by atoms with Gasteiger partial charge in [0, 0.05) is 19.1 Å². The molecule has 1 saturated carbocycles. The normalized spacial score (nSPS) is 29.0. The molecule has 2 atom stereocenters. The lowest BCUT2D eigenvalue weighted by Crippen LogP contribution is -2.26. The molecule has 2 rings (SSSR count). The topological polar surface area (TPSA) is 38.7 Å². The minimum Gasteiger partial charge on any atom is -0.390 e. The third-order valence-corrected chi connectivity index (χ3v) is 3.69. The summed E-state index contributed by atoms with van der Waals surface area (Å²) in [6.07, 6.45) is 5.98. The van der Waals surface area contributed by atoms with E-state index in [4.69, 9.17) is 9.47 Å². The van der Waals surface area contributed by atoms with Crippen molar-refractivity contribution in [2.45, 2.75) is 38.2 Å². The first-order valence-corrected chi connectivity index (χ1v) is 6.20. The van der Waals surface area contributed by atoms with E-state index in [1.54, 1.807) is 0 Å². The Labute approximate surface area is 91.8 Å². The molecule has 0 spiro atoms. The van der Waals surface area contributed by atoms with Gasteiger partial charge in [-0.15, -0.1) is 0 Å². The van der Waals surface area contributed by atoms with Crippen molar-refractivity contribution < 1.29 is 14.6 Å². The maximum absolute atomic E-state index is 9.78. The van der Waals surface area contributed by atoms with Gasteiger partial charge in [0.05, 0.1) is 19.3 Å². The van der Waals surface area contributed by atoms with Gasteiger partial charge in [0.25, 0.3) is 0 Å². The summed E-state index contributed by atoms with van der Waals surface area (Å²) in [6, 6.07) is 0. The van der Waals surface area contributed by atoms with Crippen LogP contribution in [0.1, 0.15) is 32.1 Å². The predicted octanol–water partition coefficient (Wildman–Crippen LogP) is 1.59. The summed E-state index contributed by atoms with van der Waals surface area (Å²) in [5.41, 5.74) is 0. The fraction of sp³-hybridized carbons (Fsp3) is 1.00. The fourth-order valence-electron chi connectivity index (χ4n) is 2.23. The second kappa shape index (κ2) is 5.83. The molecule has 2 aliphatic rings. The van der Waals surface area contributed by atoms with E-state index in [9.17, 15) is 5.11 Å². The van der Waals surface area contributed by atoms with Gasteiger partial charge < -0.3 is 14.6 Å². The van der Waals surface area contributed by atoms with E-state index in [1.165, 1.54) is 25.7 Å². The first-order chi connectivity index (χ1) is 7.36. The van der Waals surface area contributed by atoms with Crippen molar-refractivity contribution in [2.75, 3.05) is 26.4 Å². The minimum atomic E-state index is -0.325. The van der Waals surface area contributed by atoms with Crippen LogP contribution >= 0.6 is 0 Å². The van der Waals surface area contributed by atoms with Gasteiger partial charge >= 0.3 is 0 Å². The van der Waals surface area contributed by atoms with Crippen LogP contribution in [0.25, 0.3) is 0 Å². The zero-order valence-corrected chi connectivity index (χ0v) is 9.36. The van der Waals surface area contributed by atoms with Gasteiger partial charge in [-0.05, 0) is 18.8 Å². The lowest BCUT2D eigenvalue weighted by Gasteiger charge is -2.25. The standard InChI is InChI=1S/C12H22O3/c13-12(11-5-7-14-8-11)9-15-6-4-10-2-1-3-10/h10-13H,1-9H2. The quantitative estimate of drug-likeness (QED) is 0.682. The Bertz CT molecular complexity index is 174. The summed E-state index contributed by atoms with van der Waals surface area (Å²) in [5, 5.41) is 9.78. The molecule has 0 aromatic rings. The van der Waals surface area contributed by atoms with Gasteiger partial charge in [-0.1, -0.05) is 19.3 Å². The SMILES string of the molecule is OC(COCCC1CCC1)C1CCOC1. The van der Waals surface area contributed by atoms with Crippen LogP contribution in [-0.4, -0.2) is 37.6 Å². The van der Waals surface area contributed by atoms with Crippen LogP contribution in [0, 0.1) is 11.8 Å². The molecule has 1 heterocycles. The van der Waals surface area contributed by atoms with E-state index < -0.39 is 0 Å². The Morgan fingerprint density at radius 1 is 1.33 bits per heavy atom. The van der Waals surface area contributed by atoms with Crippen LogP contribution in [0.2, 0.25) is 0 Å². The summed E-state index contributed by atoms with van der Waals surface area (Å²) >= 11 is 0. The lowest BCUT2D eigenvalue weighted by atomic mass is 9.83. The number of hydrogen-bond donors (Lipinski definition) is 1. The summed E-state index contributed by atoms with van der Waals surface area (Å²) in [4.78, 5) is 0. The lowest BCUT2D eigenvalue weighted by molar-refractivity contribution is -0.00370. The number of rotatable bonds is 6. The zero-order chi connectivity index (χ0) is 10.5. The predicted molar refractivity (Wildman–Crippen MR) is 57.7 cm³/mol. The molecule has 0 aromatic heterocycles. The molecule has 1 saturated heterocycles. The Balaban J connectivity index is 1.48. The third-order valence-electron chi connectivity index (χ3n) is 3.69. The second-order valence-corrected chi connectivity index (χ2v) is 4.85. The van der Waals surface area contributed by atoms with Gasteiger partial charge in [-0.25, -0.2) is 0 Å². The van der Waals surface area contributed by atoms with Crippen molar-refractivity contribution in [1.29, 1.82) is 0 Å². The van der Waals surface area contributed by atoms with Crippen LogP contribution in [0.3, 0.4) is 0 Å². The van der Waals surface area contributed by atoms with Crippen molar-refractivity contribution in [3.05, 3.63) is 0 Å². The largest absolute Gasteiger partial charge is 0.390 e. The average molecular weight is 214 g/mol. The van der Waals surface area contributed by atoms with E-state index in [0.29, 0.717) is 19.1 Å². The maximum atomic E-state index is 9.78. The molecule has 1 aliphatic heterocycles. The summed E-state index contributed by atoms with van der Waals surface area (Å²) in [6.45, 7) is 2.80. The Morgan fingerprint density at radius 2 is 2.20 bits per heavy atom. The molecule has 0 aromatic carbocycles. The highest BCUT2D eigenvalue weighted by atomic mass is 16.5. The maximum Gasteiger partial charge on any atom is 0.0824 e. The molecule has 3 nitrogen and oxygen atoms in total. The van der Waals surface area contributed by atoms with Crippen molar-refractivity contribution in [3.8, 4) is 0 Å². The van der Waals surface area contributed by atoms with Gasteiger partial charge in [-0.3, -0.25) is 0 Å². The fourth-order valence-corrected chi connectivity index (χ4v) is 2.23. The van der Waals surface area contributed by atoms with Crippen LogP contribution in [0.15, 0.2) is 0 Å². The van der Waals surface area contributed by atoms with Crippen LogP contribution < -0.4 is 0 Å². The first kappa shape index (κ1) is 11.4. The van der Waals surface area contributed by atoms with E-state index >= 15 is 0 Å². The summed E-state index contributed by atoms with van der Waals surface area (Å²) in [5.74, 6) is 1.20. The number of ether oxygens (including phenoxy) is 2. The number of aliphatic hydroxyl groups excluding tert-OH is 1. The second-order valence-electron chi connectivity index (χ2n) is 4.85. The first-order valence-electron chi connectivity index (χ1n) is 6.20. The number of hydrogen-bond acceptors (Lipinski definition) is 3.